The standard InChI is InChI=1S/C12H21N5O2S/c13-16-12-5-4-11(10-14-12)20(18,19)15-6-3-9-17-7-1-2-8-17/h4-5,10,15H,1-3,6-9,13H2,(H,14,16). The number of hydrazine groups is 1. The minimum Gasteiger partial charge on any atom is -0.308 e. The van der Waals surface area contributed by atoms with E-state index in [4.69, 9.17) is 5.84 Å². The quantitative estimate of drug-likeness (QED) is 0.376. The number of nitrogens with two attached hydrogens (primary N) is 1. The number of rotatable bonds is 7. The largest absolute Gasteiger partial charge is 0.308 e. The number of pyridine rings is 1. The minimum atomic E-state index is -3.48. The van der Waals surface area contributed by atoms with Crippen molar-refractivity contribution in [3.8, 4) is 0 Å². The van der Waals surface area contributed by atoms with Crippen molar-refractivity contribution in [1.29, 1.82) is 0 Å². The summed E-state index contributed by atoms with van der Waals surface area (Å²) in [7, 11) is -3.48. The van der Waals surface area contributed by atoms with Gasteiger partial charge in [-0.1, -0.05) is 0 Å². The highest BCUT2D eigenvalue weighted by Crippen LogP contribution is 2.10. The molecule has 1 aliphatic heterocycles. The topological polar surface area (TPSA) is 100 Å². The van der Waals surface area contributed by atoms with Gasteiger partial charge < -0.3 is 10.3 Å². The Bertz CT molecular complexity index is 511. The van der Waals surface area contributed by atoms with Crippen molar-refractivity contribution in [2.45, 2.75) is 24.2 Å². The fourth-order valence-corrected chi connectivity index (χ4v) is 3.24. The van der Waals surface area contributed by atoms with E-state index in [0.29, 0.717) is 12.4 Å². The van der Waals surface area contributed by atoms with Crippen LogP contribution in [0.3, 0.4) is 0 Å². The Morgan fingerprint density at radius 3 is 2.65 bits per heavy atom. The number of aromatic nitrogens is 1. The second-order valence-electron chi connectivity index (χ2n) is 4.82. The van der Waals surface area contributed by atoms with Crippen LogP contribution in [0.1, 0.15) is 19.3 Å². The summed E-state index contributed by atoms with van der Waals surface area (Å²) in [6, 6.07) is 3.00. The minimum absolute atomic E-state index is 0.151. The lowest BCUT2D eigenvalue weighted by atomic mass is 10.4. The fraction of sp³-hybridized carbons (Fsp3) is 0.583. The number of nitrogen functional groups attached to an aromatic ring is 1. The van der Waals surface area contributed by atoms with E-state index in [1.807, 2.05) is 0 Å². The molecule has 20 heavy (non-hydrogen) atoms. The lowest BCUT2D eigenvalue weighted by Gasteiger charge is -2.14. The highest BCUT2D eigenvalue weighted by atomic mass is 32.2. The molecule has 2 rings (SSSR count). The summed E-state index contributed by atoms with van der Waals surface area (Å²) in [5, 5.41) is 0. The molecular formula is C12H21N5O2S. The summed E-state index contributed by atoms with van der Waals surface area (Å²) in [5.74, 6) is 5.61. The monoisotopic (exact) mass is 299 g/mol. The van der Waals surface area contributed by atoms with Crippen molar-refractivity contribution < 1.29 is 8.42 Å². The van der Waals surface area contributed by atoms with Crippen LogP contribution in [0.4, 0.5) is 5.82 Å². The molecule has 1 fully saturated rings. The Hall–Kier alpha value is -1.22. The molecule has 4 N–H and O–H groups in total. The molecule has 0 unspecified atom stereocenters. The van der Waals surface area contributed by atoms with Crippen LogP contribution in [0.25, 0.3) is 0 Å². The molecule has 0 aliphatic carbocycles. The van der Waals surface area contributed by atoms with E-state index in [0.717, 1.165) is 26.1 Å². The fourth-order valence-electron chi connectivity index (χ4n) is 2.22. The molecule has 1 aromatic rings. The predicted molar refractivity (Wildman–Crippen MR) is 77.5 cm³/mol. The van der Waals surface area contributed by atoms with E-state index in [2.05, 4.69) is 20.0 Å². The number of likely N-dealkylation sites (tertiary alicyclic amines) is 1. The maximum Gasteiger partial charge on any atom is 0.242 e. The van der Waals surface area contributed by atoms with Gasteiger partial charge in [0.2, 0.25) is 10.0 Å². The summed E-state index contributed by atoms with van der Waals surface area (Å²) >= 11 is 0. The zero-order valence-corrected chi connectivity index (χ0v) is 12.2. The first-order valence-corrected chi connectivity index (χ1v) is 8.25. The first-order chi connectivity index (χ1) is 9.62. The van der Waals surface area contributed by atoms with Crippen molar-refractivity contribution in [3.63, 3.8) is 0 Å². The SMILES string of the molecule is NNc1ccc(S(=O)(=O)NCCCN2CCCC2)cn1. The zero-order chi connectivity index (χ0) is 14.4. The summed E-state index contributed by atoms with van der Waals surface area (Å²) in [6.07, 6.45) is 4.60. The Balaban J connectivity index is 1.80. The lowest BCUT2D eigenvalue weighted by Crippen LogP contribution is -2.28. The van der Waals surface area contributed by atoms with Gasteiger partial charge in [-0.3, -0.25) is 0 Å². The van der Waals surface area contributed by atoms with Crippen LogP contribution in [0.2, 0.25) is 0 Å². The van der Waals surface area contributed by atoms with Crippen molar-refractivity contribution in [2.24, 2.45) is 5.84 Å². The van der Waals surface area contributed by atoms with E-state index in [1.165, 1.54) is 31.2 Å². The Morgan fingerprint density at radius 2 is 2.05 bits per heavy atom. The van der Waals surface area contributed by atoms with E-state index >= 15 is 0 Å². The van der Waals surface area contributed by atoms with E-state index in [-0.39, 0.29) is 4.90 Å². The third kappa shape index (κ3) is 4.14. The molecule has 112 valence electrons. The van der Waals surface area contributed by atoms with Crippen LogP contribution in [0, 0.1) is 0 Å². The van der Waals surface area contributed by atoms with Crippen LogP contribution in [0.15, 0.2) is 23.2 Å². The number of nitrogens with zero attached hydrogens (tertiary/aromatic N) is 2. The first kappa shape index (κ1) is 15.2. The molecular weight excluding hydrogens is 278 g/mol. The molecule has 0 spiro atoms. The summed E-state index contributed by atoms with van der Waals surface area (Å²) in [6.45, 7) is 3.64. The van der Waals surface area contributed by atoms with Gasteiger partial charge in [0, 0.05) is 12.7 Å². The third-order valence-electron chi connectivity index (χ3n) is 3.34. The second kappa shape index (κ2) is 6.98. The van der Waals surface area contributed by atoms with Crippen LogP contribution in [0.5, 0.6) is 0 Å². The number of anilines is 1. The number of hydrogen-bond donors (Lipinski definition) is 3. The molecule has 2 heterocycles. The second-order valence-corrected chi connectivity index (χ2v) is 6.59. The molecule has 0 amide bonds. The van der Waals surface area contributed by atoms with E-state index in [1.54, 1.807) is 0 Å². The van der Waals surface area contributed by atoms with Crippen molar-refractivity contribution >= 4 is 15.8 Å². The first-order valence-electron chi connectivity index (χ1n) is 6.76. The summed E-state index contributed by atoms with van der Waals surface area (Å²) < 4.78 is 26.6. The molecule has 0 saturated carbocycles. The predicted octanol–water partition coefficient (Wildman–Crippen LogP) is 0.131. The van der Waals surface area contributed by atoms with Gasteiger partial charge in [-0.25, -0.2) is 24.0 Å². The van der Waals surface area contributed by atoms with Crippen LogP contribution in [-0.4, -0.2) is 44.5 Å². The van der Waals surface area contributed by atoms with Crippen molar-refractivity contribution in [3.05, 3.63) is 18.3 Å². The van der Waals surface area contributed by atoms with E-state index in [9.17, 15) is 8.42 Å². The highest BCUT2D eigenvalue weighted by molar-refractivity contribution is 7.89. The van der Waals surface area contributed by atoms with Crippen molar-refractivity contribution in [1.82, 2.24) is 14.6 Å². The van der Waals surface area contributed by atoms with Gasteiger partial charge in [0.05, 0.1) is 0 Å². The van der Waals surface area contributed by atoms with Gasteiger partial charge in [-0.05, 0) is 51.0 Å². The maximum atomic E-state index is 12.0. The highest BCUT2D eigenvalue weighted by Gasteiger charge is 2.15. The molecule has 8 heteroatoms. The normalized spacial score (nSPS) is 16.4. The summed E-state index contributed by atoms with van der Waals surface area (Å²) in [5.41, 5.74) is 2.36. The van der Waals surface area contributed by atoms with Crippen LogP contribution in [-0.2, 0) is 10.0 Å². The summed E-state index contributed by atoms with van der Waals surface area (Å²) in [4.78, 5) is 6.40. The van der Waals surface area contributed by atoms with Crippen LogP contribution >= 0.6 is 0 Å². The number of hydrogen-bond acceptors (Lipinski definition) is 6. The Kier molecular flexibility index (Phi) is 5.30. The van der Waals surface area contributed by atoms with E-state index < -0.39 is 10.0 Å². The molecule has 1 saturated heterocycles. The lowest BCUT2D eigenvalue weighted by molar-refractivity contribution is 0.334. The van der Waals surface area contributed by atoms with Gasteiger partial charge in [0.25, 0.3) is 0 Å². The molecule has 0 aromatic carbocycles. The van der Waals surface area contributed by atoms with Gasteiger partial charge in [-0.15, -0.1) is 0 Å². The average molecular weight is 299 g/mol. The third-order valence-corrected chi connectivity index (χ3v) is 4.78. The molecule has 0 radical (unpaired) electrons. The molecule has 1 aromatic heterocycles. The van der Waals surface area contributed by atoms with Crippen molar-refractivity contribution in [2.75, 3.05) is 31.6 Å². The number of nitrogens with one attached hydrogen (secondary N) is 2. The van der Waals surface area contributed by atoms with Gasteiger partial charge in [0.1, 0.15) is 10.7 Å². The molecule has 7 nitrogen and oxygen atoms in total. The average Bonchev–Trinajstić information content (AvgIpc) is 2.97. The Morgan fingerprint density at radius 1 is 1.30 bits per heavy atom. The number of sulfonamides is 1. The molecule has 0 atom stereocenters. The molecule has 0 bridgehead atoms. The maximum absolute atomic E-state index is 12.0. The van der Waals surface area contributed by atoms with Gasteiger partial charge in [-0.2, -0.15) is 0 Å². The Labute approximate surface area is 119 Å². The van der Waals surface area contributed by atoms with Crippen LogP contribution < -0.4 is 16.0 Å². The van der Waals surface area contributed by atoms with Gasteiger partial charge >= 0.3 is 0 Å². The smallest absolute Gasteiger partial charge is 0.242 e. The van der Waals surface area contributed by atoms with Gasteiger partial charge in [0.15, 0.2) is 0 Å². The zero-order valence-electron chi connectivity index (χ0n) is 11.4. The molecule has 1 aliphatic rings.